The van der Waals surface area contributed by atoms with E-state index in [0.717, 1.165) is 38.0 Å². The van der Waals surface area contributed by atoms with Crippen LogP contribution in [0.2, 0.25) is 20.5 Å². The van der Waals surface area contributed by atoms with Crippen molar-refractivity contribution >= 4 is 27.2 Å². The molecule has 4 fully saturated rings. The molecule has 246 valence electrons. The first kappa shape index (κ1) is 38.0. The van der Waals surface area contributed by atoms with Gasteiger partial charge in [-0.25, -0.2) is 4.79 Å². The van der Waals surface area contributed by atoms with Gasteiger partial charge in [0.1, 0.15) is 0 Å². The second-order valence-electron chi connectivity index (χ2n) is 13.0. The van der Waals surface area contributed by atoms with E-state index in [0.29, 0.717) is 31.7 Å². The molecule has 15 heteroatoms. The van der Waals surface area contributed by atoms with Gasteiger partial charge in [-0.3, -0.25) is 0 Å². The first-order chi connectivity index (χ1) is 20.2. The normalized spacial score (nSPS) is 23.8. The van der Waals surface area contributed by atoms with Gasteiger partial charge in [0.15, 0.2) is 0 Å². The Morgan fingerprint density at radius 1 is 0.860 bits per heavy atom. The standard InChI is InChI=1S/C15H29BN2O4.C8H16BNO2.C5H12BNO2/c1-11(2)18(12(3)4)15(20)22-8-6-7-14(19)13-9-17(10-13)16(5)21;1-9(11)10-4-6(5-10)7-3-8(7)12-2;1-6(8)7-3-5(4-7)9-2/h6,8,11-14,19,21H,7,9-10H2,1-5H3;6-8,11H,3-5H2,1-2H3;5,8H,3-4H2,1-2H3/b8-6+;;. The van der Waals surface area contributed by atoms with Crippen LogP contribution in [-0.2, 0) is 14.2 Å². The van der Waals surface area contributed by atoms with Crippen molar-refractivity contribution in [1.82, 2.24) is 19.3 Å². The average molecular weight is 610 g/mol. The largest absolute Gasteiger partial charge is 0.437 e. The third-order valence-corrected chi connectivity index (χ3v) is 8.87. The highest BCUT2D eigenvalue weighted by Crippen LogP contribution is 2.43. The number of hydrogen-bond acceptors (Lipinski definition) is 11. The zero-order valence-corrected chi connectivity index (χ0v) is 27.9. The molecule has 3 unspecified atom stereocenters. The number of methoxy groups -OCH3 is 2. The Morgan fingerprint density at radius 2 is 1.35 bits per heavy atom. The summed E-state index contributed by atoms with van der Waals surface area (Å²) in [5.41, 5.74) is 0. The van der Waals surface area contributed by atoms with Crippen molar-refractivity contribution in [3.05, 3.63) is 12.3 Å². The van der Waals surface area contributed by atoms with Gasteiger partial charge in [0.2, 0.25) is 0 Å². The molecule has 0 aromatic heterocycles. The van der Waals surface area contributed by atoms with Crippen LogP contribution in [0.15, 0.2) is 12.3 Å². The van der Waals surface area contributed by atoms with Crippen LogP contribution in [0, 0.1) is 17.8 Å². The summed E-state index contributed by atoms with van der Waals surface area (Å²) in [4.78, 5) is 19.5. The summed E-state index contributed by atoms with van der Waals surface area (Å²) < 4.78 is 15.4. The zero-order valence-electron chi connectivity index (χ0n) is 27.9. The summed E-state index contributed by atoms with van der Waals surface area (Å²) in [7, 11) is 2.45. The van der Waals surface area contributed by atoms with Crippen molar-refractivity contribution in [2.75, 3.05) is 53.5 Å². The van der Waals surface area contributed by atoms with E-state index in [1.807, 2.05) is 44.1 Å². The van der Waals surface area contributed by atoms with Crippen LogP contribution in [0.4, 0.5) is 4.79 Å². The lowest BCUT2D eigenvalue weighted by Gasteiger charge is -2.42. The van der Waals surface area contributed by atoms with Crippen LogP contribution in [0.25, 0.3) is 0 Å². The highest BCUT2D eigenvalue weighted by atomic mass is 16.5. The molecule has 0 bridgehead atoms. The summed E-state index contributed by atoms with van der Waals surface area (Å²) in [5.74, 6) is 1.73. The van der Waals surface area contributed by atoms with Gasteiger partial charge in [0.05, 0.1) is 24.6 Å². The number of amides is 1. The van der Waals surface area contributed by atoms with Gasteiger partial charge in [0.25, 0.3) is 0 Å². The predicted molar refractivity (Wildman–Crippen MR) is 171 cm³/mol. The van der Waals surface area contributed by atoms with Gasteiger partial charge in [0, 0.05) is 45.3 Å². The number of ether oxygens (including phenoxy) is 3. The van der Waals surface area contributed by atoms with Gasteiger partial charge in [-0.2, -0.15) is 0 Å². The van der Waals surface area contributed by atoms with E-state index in [2.05, 4.69) is 4.81 Å². The molecule has 0 radical (unpaired) electrons. The molecule has 0 spiro atoms. The topological polar surface area (TPSA) is 139 Å². The fraction of sp³-hybridized carbons (Fsp3) is 0.893. The highest BCUT2D eigenvalue weighted by Gasteiger charge is 2.48. The first-order valence-electron chi connectivity index (χ1n) is 15.8. The number of aliphatic hydroxyl groups excluding tert-OH is 1. The summed E-state index contributed by atoms with van der Waals surface area (Å²) in [5, 5.41) is 37.5. The number of hydrogen-bond donors (Lipinski definition) is 4. The van der Waals surface area contributed by atoms with Crippen LogP contribution in [-0.4, -0.2) is 151 Å². The number of carbonyl (C=O) groups is 1. The predicted octanol–water partition coefficient (Wildman–Crippen LogP) is 1.04. The Bertz CT molecular complexity index is 831. The van der Waals surface area contributed by atoms with Gasteiger partial charge >= 0.3 is 27.2 Å². The third kappa shape index (κ3) is 11.9. The molecule has 43 heavy (non-hydrogen) atoms. The summed E-state index contributed by atoms with van der Waals surface area (Å²) >= 11 is 0. The van der Waals surface area contributed by atoms with E-state index in [-0.39, 0.29) is 38.2 Å². The van der Waals surface area contributed by atoms with Gasteiger partial charge in [-0.15, -0.1) is 0 Å². The Labute approximate surface area is 260 Å². The third-order valence-electron chi connectivity index (χ3n) is 8.87. The van der Waals surface area contributed by atoms with Gasteiger partial charge in [-0.05, 0) is 105 Å². The fourth-order valence-corrected chi connectivity index (χ4v) is 5.68. The lowest BCUT2D eigenvalue weighted by molar-refractivity contribution is 0.00389. The molecule has 3 heterocycles. The molecular formula is C28H57B3N4O8. The second-order valence-corrected chi connectivity index (χ2v) is 13.0. The van der Waals surface area contributed by atoms with Crippen LogP contribution in [0.1, 0.15) is 40.5 Å². The smallest absolute Gasteiger partial charge is 0.415 e. The van der Waals surface area contributed by atoms with Crippen LogP contribution in [0.5, 0.6) is 0 Å². The molecule has 0 aromatic rings. The van der Waals surface area contributed by atoms with Crippen molar-refractivity contribution < 1.29 is 39.2 Å². The van der Waals surface area contributed by atoms with E-state index in [9.17, 15) is 19.9 Å². The Hall–Kier alpha value is -1.16. The van der Waals surface area contributed by atoms with Crippen LogP contribution in [0.3, 0.4) is 0 Å². The van der Waals surface area contributed by atoms with E-state index in [4.69, 9.17) is 19.2 Å². The van der Waals surface area contributed by atoms with Crippen molar-refractivity contribution in [3.8, 4) is 0 Å². The monoisotopic (exact) mass is 610 g/mol. The molecule has 4 aliphatic rings. The minimum atomic E-state index is -0.476. The lowest BCUT2D eigenvalue weighted by Crippen LogP contribution is -2.57. The minimum Gasteiger partial charge on any atom is -0.437 e. The van der Waals surface area contributed by atoms with Gasteiger partial charge in [-0.1, -0.05) is 0 Å². The summed E-state index contributed by atoms with van der Waals surface area (Å²) in [6, 6.07) is 0.154. The van der Waals surface area contributed by atoms with E-state index >= 15 is 0 Å². The number of rotatable bonds is 12. The fourth-order valence-electron chi connectivity index (χ4n) is 5.68. The maximum Gasteiger partial charge on any atom is 0.415 e. The summed E-state index contributed by atoms with van der Waals surface area (Å²) in [6.45, 7) is 18.3. The molecule has 1 amide bonds. The van der Waals surface area contributed by atoms with E-state index in [1.165, 1.54) is 12.7 Å². The number of carbonyl (C=O) groups excluding carboxylic acids is 1. The zero-order chi connectivity index (χ0) is 32.4. The summed E-state index contributed by atoms with van der Waals surface area (Å²) in [6.07, 6.45) is 4.71. The Balaban J connectivity index is 0.000000254. The maximum atomic E-state index is 11.9. The molecule has 3 aliphatic heterocycles. The molecule has 3 saturated heterocycles. The quantitative estimate of drug-likeness (QED) is 0.186. The molecule has 0 aromatic carbocycles. The van der Waals surface area contributed by atoms with E-state index < -0.39 is 13.2 Å². The van der Waals surface area contributed by atoms with Crippen molar-refractivity contribution in [3.63, 3.8) is 0 Å². The number of aliphatic hydroxyl groups is 1. The molecule has 12 nitrogen and oxygen atoms in total. The molecular weight excluding hydrogens is 553 g/mol. The molecule has 4 rings (SSSR count). The minimum absolute atomic E-state index is 0.0768. The molecule has 4 N–H and O–H groups in total. The first-order valence-corrected chi connectivity index (χ1v) is 15.8. The molecule has 1 aliphatic carbocycles. The highest BCUT2D eigenvalue weighted by molar-refractivity contribution is 6.46. The van der Waals surface area contributed by atoms with Crippen molar-refractivity contribution in [2.24, 2.45) is 17.8 Å². The Morgan fingerprint density at radius 3 is 1.77 bits per heavy atom. The lowest BCUT2D eigenvalue weighted by atomic mass is 9.76. The van der Waals surface area contributed by atoms with Crippen molar-refractivity contribution in [1.29, 1.82) is 0 Å². The van der Waals surface area contributed by atoms with Crippen molar-refractivity contribution in [2.45, 2.75) is 91.4 Å². The van der Waals surface area contributed by atoms with E-state index in [1.54, 1.807) is 38.8 Å². The second kappa shape index (κ2) is 18.1. The number of nitrogens with zero attached hydrogens (tertiary/aromatic N) is 4. The van der Waals surface area contributed by atoms with Crippen LogP contribution < -0.4 is 0 Å². The molecule has 1 saturated carbocycles. The maximum absolute atomic E-state index is 11.9. The Kier molecular flexibility index (Phi) is 16.0. The van der Waals surface area contributed by atoms with Gasteiger partial charge < -0.3 is 53.7 Å². The average Bonchev–Trinajstić information content (AvgIpc) is 3.58. The molecule has 3 atom stereocenters. The SMILES string of the molecule is CB(O)N1CC(C(O)C/C=C/OC(=O)N(C(C)C)C(C)C)C1.COC1CC1C1CN(B(C)O)C1.COC1CN(B(C)O)C1. The van der Waals surface area contributed by atoms with Crippen LogP contribution >= 0.6 is 0 Å².